The van der Waals surface area contributed by atoms with Crippen molar-refractivity contribution in [3.63, 3.8) is 0 Å². The average molecular weight is 444 g/mol. The fourth-order valence-corrected chi connectivity index (χ4v) is 4.72. The third-order valence-electron chi connectivity index (χ3n) is 6.42. The average Bonchev–Trinajstić information content (AvgIpc) is 3.27. The van der Waals surface area contributed by atoms with Gasteiger partial charge in [-0.3, -0.25) is 14.7 Å². The highest BCUT2D eigenvalue weighted by Crippen LogP contribution is 2.28. The maximum Gasteiger partial charge on any atom is 0.248 e. The Balaban J connectivity index is 1.23. The summed E-state index contributed by atoms with van der Waals surface area (Å²) in [6.07, 6.45) is 4.51. The zero-order valence-electron chi connectivity index (χ0n) is 18.7. The Morgan fingerprint density at radius 2 is 1.79 bits per heavy atom. The first kappa shape index (κ1) is 21.6. The van der Waals surface area contributed by atoms with Gasteiger partial charge < -0.3 is 14.4 Å². The first-order valence-corrected chi connectivity index (χ1v) is 11.5. The first-order chi connectivity index (χ1) is 16.3. The molecule has 2 aromatic carbocycles. The Labute approximate surface area is 194 Å². The van der Waals surface area contributed by atoms with Crippen molar-refractivity contribution in [2.24, 2.45) is 0 Å². The molecule has 3 aromatic rings. The number of morpholine rings is 1. The zero-order chi connectivity index (χ0) is 22.5. The number of fused-ring (bicyclic) bond motifs is 1. The number of amides is 1. The quantitative estimate of drug-likeness (QED) is 0.535. The van der Waals surface area contributed by atoms with Crippen molar-refractivity contribution < 1.29 is 14.3 Å². The maximum atomic E-state index is 12.7. The number of rotatable bonds is 8. The van der Waals surface area contributed by atoms with Crippen LogP contribution in [0.25, 0.3) is 0 Å². The molecular formula is C27H29N3O3. The molecule has 0 spiro atoms. The molecule has 0 aliphatic carbocycles. The van der Waals surface area contributed by atoms with Crippen molar-refractivity contribution in [3.05, 3.63) is 95.8 Å². The Bertz CT molecular complexity index is 1060. The van der Waals surface area contributed by atoms with Crippen LogP contribution in [0.2, 0.25) is 0 Å². The van der Waals surface area contributed by atoms with Crippen molar-refractivity contribution in [1.29, 1.82) is 0 Å². The SMILES string of the molecule is O=C1CO[C@H]2CN(Cc3ccccc3OCc3cccnc3)C[C@@H]2N1CCc1ccccc1. The summed E-state index contributed by atoms with van der Waals surface area (Å²) in [7, 11) is 0. The molecule has 0 saturated carbocycles. The summed E-state index contributed by atoms with van der Waals surface area (Å²) in [6.45, 7) is 3.78. The summed E-state index contributed by atoms with van der Waals surface area (Å²) in [6, 6.07) is 22.5. The topological polar surface area (TPSA) is 54.9 Å². The van der Waals surface area contributed by atoms with Crippen molar-refractivity contribution in [1.82, 2.24) is 14.8 Å². The summed E-state index contributed by atoms with van der Waals surface area (Å²) in [5.41, 5.74) is 3.44. The van der Waals surface area contributed by atoms with Gasteiger partial charge in [0.05, 0.1) is 12.1 Å². The molecule has 33 heavy (non-hydrogen) atoms. The minimum Gasteiger partial charge on any atom is -0.489 e. The summed E-state index contributed by atoms with van der Waals surface area (Å²) in [5, 5.41) is 0. The Morgan fingerprint density at radius 1 is 0.970 bits per heavy atom. The van der Waals surface area contributed by atoms with Gasteiger partial charge in [-0.1, -0.05) is 54.6 Å². The van der Waals surface area contributed by atoms with Crippen molar-refractivity contribution in [2.75, 3.05) is 26.2 Å². The van der Waals surface area contributed by atoms with Gasteiger partial charge >= 0.3 is 0 Å². The molecule has 1 aromatic heterocycles. The van der Waals surface area contributed by atoms with Crippen molar-refractivity contribution in [3.8, 4) is 5.75 Å². The zero-order valence-corrected chi connectivity index (χ0v) is 18.7. The van der Waals surface area contributed by atoms with Gasteiger partial charge in [0, 0.05) is 49.7 Å². The van der Waals surface area contributed by atoms with E-state index >= 15 is 0 Å². The standard InChI is InChI=1S/C27H29N3O3/c31-27-20-33-26-18-29(17-24(26)30(27)14-12-21-7-2-1-3-8-21)16-23-10-4-5-11-25(23)32-19-22-9-6-13-28-15-22/h1-11,13,15,24,26H,12,14,16-20H2/t24-,26-/m0/s1. The van der Waals surface area contributed by atoms with E-state index in [4.69, 9.17) is 9.47 Å². The molecule has 5 rings (SSSR count). The van der Waals surface area contributed by atoms with E-state index in [2.05, 4.69) is 28.1 Å². The van der Waals surface area contributed by atoms with Crippen LogP contribution < -0.4 is 4.74 Å². The van der Waals surface area contributed by atoms with Gasteiger partial charge in [0.25, 0.3) is 0 Å². The number of likely N-dealkylation sites (tertiary alicyclic amines) is 1. The maximum absolute atomic E-state index is 12.7. The monoisotopic (exact) mass is 443 g/mol. The lowest BCUT2D eigenvalue weighted by Crippen LogP contribution is -2.54. The molecule has 0 unspecified atom stereocenters. The number of aromatic nitrogens is 1. The summed E-state index contributed by atoms with van der Waals surface area (Å²) >= 11 is 0. The molecular weight excluding hydrogens is 414 g/mol. The molecule has 6 heteroatoms. The van der Waals surface area contributed by atoms with Crippen molar-refractivity contribution >= 4 is 5.91 Å². The number of para-hydroxylation sites is 1. The van der Waals surface area contributed by atoms with E-state index in [0.29, 0.717) is 6.61 Å². The molecule has 0 bridgehead atoms. The number of nitrogens with zero attached hydrogens (tertiary/aromatic N) is 3. The molecule has 2 fully saturated rings. The van der Waals surface area contributed by atoms with E-state index in [9.17, 15) is 4.79 Å². The lowest BCUT2D eigenvalue weighted by molar-refractivity contribution is -0.152. The Morgan fingerprint density at radius 3 is 2.64 bits per heavy atom. The van der Waals surface area contributed by atoms with Crippen LogP contribution in [-0.2, 0) is 29.1 Å². The van der Waals surface area contributed by atoms with E-state index in [1.54, 1.807) is 6.20 Å². The summed E-state index contributed by atoms with van der Waals surface area (Å²) in [5.74, 6) is 0.975. The van der Waals surface area contributed by atoms with Gasteiger partial charge in [0.15, 0.2) is 0 Å². The molecule has 170 valence electrons. The fraction of sp³-hybridized carbons (Fsp3) is 0.333. The number of ether oxygens (including phenoxy) is 2. The second-order valence-electron chi connectivity index (χ2n) is 8.69. The third-order valence-corrected chi connectivity index (χ3v) is 6.42. The van der Waals surface area contributed by atoms with Crippen LogP contribution in [0.3, 0.4) is 0 Å². The highest BCUT2D eigenvalue weighted by Gasteiger charge is 2.42. The Kier molecular flexibility index (Phi) is 6.65. The number of hydrogen-bond donors (Lipinski definition) is 0. The van der Waals surface area contributed by atoms with Gasteiger partial charge in [-0.05, 0) is 24.1 Å². The molecule has 3 heterocycles. The first-order valence-electron chi connectivity index (χ1n) is 11.5. The van der Waals surface area contributed by atoms with Crippen LogP contribution in [0.1, 0.15) is 16.7 Å². The highest BCUT2D eigenvalue weighted by atomic mass is 16.5. The fourth-order valence-electron chi connectivity index (χ4n) is 4.72. The van der Waals surface area contributed by atoms with E-state index in [0.717, 1.165) is 49.5 Å². The second-order valence-corrected chi connectivity index (χ2v) is 8.69. The largest absolute Gasteiger partial charge is 0.489 e. The predicted octanol–water partition coefficient (Wildman–Crippen LogP) is 3.31. The number of pyridine rings is 1. The summed E-state index contributed by atoms with van der Waals surface area (Å²) in [4.78, 5) is 21.2. The lowest BCUT2D eigenvalue weighted by Gasteiger charge is -2.36. The molecule has 0 N–H and O–H groups in total. The van der Waals surface area contributed by atoms with Crippen LogP contribution >= 0.6 is 0 Å². The molecule has 2 saturated heterocycles. The number of carbonyl (C=O) groups excluding carboxylic acids is 1. The second kappa shape index (κ2) is 10.1. The number of benzene rings is 2. The van der Waals surface area contributed by atoms with E-state index < -0.39 is 0 Å². The smallest absolute Gasteiger partial charge is 0.248 e. The Hall–Kier alpha value is -3.22. The van der Waals surface area contributed by atoms with Crippen LogP contribution in [-0.4, -0.2) is 59.1 Å². The van der Waals surface area contributed by atoms with Gasteiger partial charge in [-0.25, -0.2) is 0 Å². The third kappa shape index (κ3) is 5.24. The van der Waals surface area contributed by atoms with Gasteiger partial charge in [0.1, 0.15) is 19.0 Å². The number of carbonyl (C=O) groups is 1. The van der Waals surface area contributed by atoms with Gasteiger partial charge in [0.2, 0.25) is 5.91 Å². The van der Waals surface area contributed by atoms with E-state index in [-0.39, 0.29) is 24.7 Å². The minimum absolute atomic E-state index is 0.0574. The van der Waals surface area contributed by atoms with Crippen LogP contribution in [0.4, 0.5) is 0 Å². The van der Waals surface area contributed by atoms with E-state index in [1.165, 1.54) is 5.56 Å². The van der Waals surface area contributed by atoms with Crippen LogP contribution in [0.5, 0.6) is 5.75 Å². The lowest BCUT2D eigenvalue weighted by atomic mass is 10.1. The van der Waals surface area contributed by atoms with Crippen LogP contribution in [0, 0.1) is 0 Å². The molecule has 2 atom stereocenters. The predicted molar refractivity (Wildman–Crippen MR) is 126 cm³/mol. The number of hydrogen-bond acceptors (Lipinski definition) is 5. The molecule has 2 aliphatic rings. The van der Waals surface area contributed by atoms with Crippen molar-refractivity contribution in [2.45, 2.75) is 31.7 Å². The van der Waals surface area contributed by atoms with Crippen LogP contribution in [0.15, 0.2) is 79.1 Å². The normalized spacial score (nSPS) is 20.6. The molecule has 2 aliphatic heterocycles. The van der Waals surface area contributed by atoms with Gasteiger partial charge in [-0.2, -0.15) is 0 Å². The van der Waals surface area contributed by atoms with E-state index in [1.807, 2.05) is 59.6 Å². The minimum atomic E-state index is 0.0574. The molecule has 1 amide bonds. The summed E-state index contributed by atoms with van der Waals surface area (Å²) < 4.78 is 12.0. The highest BCUT2D eigenvalue weighted by molar-refractivity contribution is 5.78. The molecule has 6 nitrogen and oxygen atoms in total. The van der Waals surface area contributed by atoms with Gasteiger partial charge in [-0.15, -0.1) is 0 Å². The molecule has 0 radical (unpaired) electrons.